The van der Waals surface area contributed by atoms with Crippen LogP contribution in [0.15, 0.2) is 6.20 Å². The summed E-state index contributed by atoms with van der Waals surface area (Å²) < 4.78 is 7.51. The number of ether oxygens (including phenoxy) is 1. The summed E-state index contributed by atoms with van der Waals surface area (Å²) in [6.45, 7) is 1.75. The summed E-state index contributed by atoms with van der Waals surface area (Å²) in [5, 5.41) is 10.8. The molecule has 0 radical (unpaired) electrons. The van der Waals surface area contributed by atoms with Gasteiger partial charge < -0.3 is 10.1 Å². The summed E-state index contributed by atoms with van der Waals surface area (Å²) in [4.78, 5) is 11.8. The van der Waals surface area contributed by atoms with Gasteiger partial charge in [0, 0.05) is 13.0 Å². The lowest BCUT2D eigenvalue weighted by molar-refractivity contribution is -0.123. The Bertz CT molecular complexity index is 440. The molecule has 0 unspecified atom stereocenters. The van der Waals surface area contributed by atoms with Crippen LogP contribution in [-0.2, 0) is 22.7 Å². The Morgan fingerprint density at radius 2 is 2.32 bits per heavy atom. The van der Waals surface area contributed by atoms with Crippen LogP contribution in [0.25, 0.3) is 0 Å². The van der Waals surface area contributed by atoms with E-state index < -0.39 is 0 Å². The minimum absolute atomic E-state index is 0.00160. The zero-order valence-corrected chi connectivity index (χ0v) is 11.0. The molecular weight excluding hydrogens is 244 g/mol. The summed E-state index contributed by atoms with van der Waals surface area (Å²) in [6, 6.07) is 0. The topological polar surface area (TPSA) is 69.0 Å². The predicted molar refractivity (Wildman–Crippen MR) is 68.2 cm³/mol. The highest BCUT2D eigenvalue weighted by molar-refractivity contribution is 5.76. The van der Waals surface area contributed by atoms with Crippen molar-refractivity contribution in [2.24, 2.45) is 5.92 Å². The van der Waals surface area contributed by atoms with Crippen molar-refractivity contribution in [2.45, 2.75) is 51.4 Å². The van der Waals surface area contributed by atoms with Crippen molar-refractivity contribution in [1.29, 1.82) is 0 Å². The van der Waals surface area contributed by atoms with E-state index in [1.54, 1.807) is 6.20 Å². The molecule has 19 heavy (non-hydrogen) atoms. The molecule has 0 spiro atoms. The van der Waals surface area contributed by atoms with Gasteiger partial charge in [-0.15, -0.1) is 5.10 Å². The standard InChI is InChI=1S/C13H20N4O2/c18-13(5-10-3-1-2-4-10)14-7-12-8-17-11(9-19-12)6-15-16-17/h6,10,12H,1-5,7-9H2,(H,14,18)/t12-/m0/s1. The Morgan fingerprint density at radius 3 is 3.16 bits per heavy atom. The smallest absolute Gasteiger partial charge is 0.220 e. The molecule has 1 aromatic rings. The number of rotatable bonds is 4. The quantitative estimate of drug-likeness (QED) is 0.876. The summed E-state index contributed by atoms with van der Waals surface area (Å²) in [5.74, 6) is 0.745. The fourth-order valence-corrected chi connectivity index (χ4v) is 2.89. The molecule has 1 saturated carbocycles. The largest absolute Gasteiger partial charge is 0.368 e. The first-order valence-corrected chi connectivity index (χ1v) is 7.07. The van der Waals surface area contributed by atoms with Crippen LogP contribution in [0.4, 0.5) is 0 Å². The number of nitrogens with zero attached hydrogens (tertiary/aromatic N) is 3. The van der Waals surface area contributed by atoms with E-state index >= 15 is 0 Å². The van der Waals surface area contributed by atoms with Crippen molar-refractivity contribution in [2.75, 3.05) is 6.54 Å². The van der Waals surface area contributed by atoms with Crippen LogP contribution in [-0.4, -0.2) is 33.5 Å². The molecule has 2 aliphatic rings. The molecule has 1 aliphatic heterocycles. The Kier molecular flexibility index (Phi) is 3.77. The highest BCUT2D eigenvalue weighted by Gasteiger charge is 2.22. The molecule has 2 heterocycles. The first-order chi connectivity index (χ1) is 9.31. The average Bonchev–Trinajstić information content (AvgIpc) is 3.06. The van der Waals surface area contributed by atoms with Crippen molar-refractivity contribution in [3.8, 4) is 0 Å². The number of hydrogen-bond donors (Lipinski definition) is 1. The molecule has 1 aliphatic carbocycles. The van der Waals surface area contributed by atoms with Gasteiger partial charge >= 0.3 is 0 Å². The van der Waals surface area contributed by atoms with Crippen molar-refractivity contribution in [3.63, 3.8) is 0 Å². The number of hydrogen-bond acceptors (Lipinski definition) is 4. The summed E-state index contributed by atoms with van der Waals surface area (Å²) >= 11 is 0. The van der Waals surface area contributed by atoms with E-state index in [-0.39, 0.29) is 12.0 Å². The van der Waals surface area contributed by atoms with Gasteiger partial charge in [0.1, 0.15) is 0 Å². The van der Waals surface area contributed by atoms with Crippen LogP contribution in [0, 0.1) is 5.92 Å². The van der Waals surface area contributed by atoms with Gasteiger partial charge in [0.2, 0.25) is 5.91 Å². The van der Waals surface area contributed by atoms with E-state index in [0.29, 0.717) is 32.0 Å². The van der Waals surface area contributed by atoms with Crippen molar-refractivity contribution < 1.29 is 9.53 Å². The average molecular weight is 264 g/mol. The number of aromatic nitrogens is 3. The van der Waals surface area contributed by atoms with E-state index in [1.807, 2.05) is 4.68 Å². The number of nitrogens with one attached hydrogen (secondary N) is 1. The van der Waals surface area contributed by atoms with E-state index in [9.17, 15) is 4.79 Å². The van der Waals surface area contributed by atoms with Gasteiger partial charge in [0.15, 0.2) is 0 Å². The maximum Gasteiger partial charge on any atom is 0.220 e. The van der Waals surface area contributed by atoms with Gasteiger partial charge in [-0.3, -0.25) is 4.79 Å². The summed E-state index contributed by atoms with van der Waals surface area (Å²) in [6.07, 6.45) is 7.35. The van der Waals surface area contributed by atoms with E-state index in [0.717, 1.165) is 5.69 Å². The maximum absolute atomic E-state index is 11.8. The van der Waals surface area contributed by atoms with Gasteiger partial charge in [0.05, 0.1) is 31.1 Å². The van der Waals surface area contributed by atoms with Crippen molar-refractivity contribution >= 4 is 5.91 Å². The Labute approximate surface area is 112 Å². The van der Waals surface area contributed by atoms with Crippen molar-refractivity contribution in [3.05, 3.63) is 11.9 Å². The number of carbonyl (C=O) groups is 1. The molecule has 1 amide bonds. The lowest BCUT2D eigenvalue weighted by Gasteiger charge is -2.23. The first kappa shape index (κ1) is 12.6. The summed E-state index contributed by atoms with van der Waals surface area (Å²) in [7, 11) is 0. The molecule has 0 aromatic carbocycles. The minimum atomic E-state index is 0.00160. The Balaban J connectivity index is 1.41. The van der Waals surface area contributed by atoms with Crippen LogP contribution in [0.2, 0.25) is 0 Å². The minimum Gasteiger partial charge on any atom is -0.368 e. The molecule has 1 aromatic heterocycles. The molecular formula is C13H20N4O2. The highest BCUT2D eigenvalue weighted by atomic mass is 16.5. The second kappa shape index (κ2) is 5.69. The third-order valence-corrected chi connectivity index (χ3v) is 4.02. The van der Waals surface area contributed by atoms with Gasteiger partial charge in [-0.25, -0.2) is 4.68 Å². The zero-order valence-electron chi connectivity index (χ0n) is 11.0. The number of carbonyl (C=O) groups excluding carboxylic acids is 1. The molecule has 1 atom stereocenters. The number of fused-ring (bicyclic) bond motifs is 1. The molecule has 1 N–H and O–H groups in total. The van der Waals surface area contributed by atoms with E-state index in [2.05, 4.69) is 15.6 Å². The third kappa shape index (κ3) is 3.12. The molecule has 104 valence electrons. The van der Waals surface area contributed by atoms with Crippen LogP contribution in [0.1, 0.15) is 37.8 Å². The van der Waals surface area contributed by atoms with Crippen LogP contribution < -0.4 is 5.32 Å². The molecule has 0 bridgehead atoms. The fourth-order valence-electron chi connectivity index (χ4n) is 2.89. The third-order valence-electron chi connectivity index (χ3n) is 4.02. The molecule has 6 heteroatoms. The van der Waals surface area contributed by atoms with Gasteiger partial charge in [-0.1, -0.05) is 18.1 Å². The maximum atomic E-state index is 11.8. The molecule has 1 fully saturated rings. The number of amides is 1. The van der Waals surface area contributed by atoms with Gasteiger partial charge in [-0.05, 0) is 18.8 Å². The molecule has 0 saturated heterocycles. The van der Waals surface area contributed by atoms with Crippen LogP contribution >= 0.6 is 0 Å². The Morgan fingerprint density at radius 1 is 1.47 bits per heavy atom. The lowest BCUT2D eigenvalue weighted by Crippen LogP contribution is -2.39. The fraction of sp³-hybridized carbons (Fsp3) is 0.769. The lowest BCUT2D eigenvalue weighted by atomic mass is 10.0. The normalized spacial score (nSPS) is 23.3. The van der Waals surface area contributed by atoms with E-state index in [1.165, 1.54) is 25.7 Å². The van der Waals surface area contributed by atoms with Gasteiger partial charge in [-0.2, -0.15) is 0 Å². The van der Waals surface area contributed by atoms with Crippen molar-refractivity contribution in [1.82, 2.24) is 20.3 Å². The Hall–Kier alpha value is -1.43. The monoisotopic (exact) mass is 264 g/mol. The molecule has 3 rings (SSSR count). The zero-order chi connectivity index (χ0) is 13.1. The van der Waals surface area contributed by atoms with Crippen LogP contribution in [0.3, 0.4) is 0 Å². The van der Waals surface area contributed by atoms with Crippen LogP contribution in [0.5, 0.6) is 0 Å². The first-order valence-electron chi connectivity index (χ1n) is 7.07. The second-order valence-electron chi connectivity index (χ2n) is 5.50. The molecule has 6 nitrogen and oxygen atoms in total. The predicted octanol–water partition coefficient (Wildman–Crippen LogP) is 0.873. The second-order valence-corrected chi connectivity index (χ2v) is 5.50. The van der Waals surface area contributed by atoms with Gasteiger partial charge in [0.25, 0.3) is 0 Å². The highest BCUT2D eigenvalue weighted by Crippen LogP contribution is 2.27. The SMILES string of the molecule is O=C(CC1CCCC1)NC[C@H]1Cn2nncc2CO1. The summed E-state index contributed by atoms with van der Waals surface area (Å²) in [5.41, 5.74) is 0.994. The van der Waals surface area contributed by atoms with E-state index in [4.69, 9.17) is 4.74 Å².